The number of carbonyl (C=O) groups excluding carboxylic acids is 2. The summed E-state index contributed by atoms with van der Waals surface area (Å²) in [4.78, 5) is 24.7. The smallest absolute Gasteiger partial charge is 0.422 e. The highest BCUT2D eigenvalue weighted by Crippen LogP contribution is 2.29. The van der Waals surface area contributed by atoms with Gasteiger partial charge in [0.15, 0.2) is 12.5 Å². The van der Waals surface area contributed by atoms with Crippen molar-refractivity contribution in [1.82, 2.24) is 10.3 Å². The van der Waals surface area contributed by atoms with Crippen LogP contribution in [-0.2, 0) is 14.3 Å². The van der Waals surface area contributed by atoms with Gasteiger partial charge in [0.1, 0.15) is 12.6 Å². The fraction of sp³-hybridized carbons (Fsp3) is 0.450. The number of anilines is 1. The molecule has 6 N–H and O–H groups in total. The quantitative estimate of drug-likeness (QED) is 0.260. The topological polar surface area (TPSA) is 132 Å². The zero-order chi connectivity index (χ0) is 23.6. The second-order valence-electron chi connectivity index (χ2n) is 7.04. The summed E-state index contributed by atoms with van der Waals surface area (Å²) in [5.74, 6) is 0.360. The lowest BCUT2D eigenvalue weighted by molar-refractivity contribution is -0.165. The molecule has 8 nitrogen and oxygen atoms in total. The monoisotopic (exact) mass is 447 g/mol. The van der Waals surface area contributed by atoms with Crippen LogP contribution in [0.3, 0.4) is 0 Å². The van der Waals surface area contributed by atoms with Gasteiger partial charge in [-0.2, -0.15) is 13.2 Å². The number of alkyl halides is 3. The van der Waals surface area contributed by atoms with Gasteiger partial charge in [0.2, 0.25) is 0 Å². The number of amides is 1. The fourth-order valence-corrected chi connectivity index (χ4v) is 2.43. The van der Waals surface area contributed by atoms with Gasteiger partial charge in [-0.1, -0.05) is 0 Å². The minimum atomic E-state index is -4.50. The van der Waals surface area contributed by atoms with Gasteiger partial charge in [0, 0.05) is 15.1 Å². The van der Waals surface area contributed by atoms with E-state index in [1.165, 1.54) is 12.8 Å². The van der Waals surface area contributed by atoms with Crippen molar-refractivity contribution in [3.63, 3.8) is 0 Å². The lowest BCUT2D eigenvalue weighted by Gasteiger charge is -2.16. The molecule has 1 saturated carbocycles. The fourth-order valence-electron chi connectivity index (χ4n) is 2.43. The number of aromatic nitrogens is 1. The van der Waals surface area contributed by atoms with E-state index in [1.54, 1.807) is 6.92 Å². The average Bonchev–Trinajstić information content (AvgIpc) is 3.54. The summed E-state index contributed by atoms with van der Waals surface area (Å²) < 4.78 is 40.5. The van der Waals surface area contributed by atoms with Crippen LogP contribution in [-0.4, -0.2) is 37.0 Å². The number of rotatable bonds is 9. The van der Waals surface area contributed by atoms with Gasteiger partial charge < -0.3 is 31.6 Å². The largest absolute Gasteiger partial charge is 0.470 e. The molecule has 0 saturated heterocycles. The molecular formula is C20H32F3N5O3. The van der Waals surface area contributed by atoms with E-state index >= 15 is 0 Å². The molecule has 1 aromatic rings. The third kappa shape index (κ3) is 10.4. The molecule has 0 radical (unpaired) electrons. The van der Waals surface area contributed by atoms with Gasteiger partial charge in [0.25, 0.3) is 5.91 Å². The predicted octanol–water partition coefficient (Wildman–Crippen LogP) is 2.92. The lowest BCUT2D eigenvalue weighted by Crippen LogP contribution is -2.31. The first kappa shape index (κ1) is 25.8. The van der Waals surface area contributed by atoms with E-state index in [9.17, 15) is 18.0 Å². The molecule has 176 valence electrons. The number of nitrogens with zero attached hydrogens (tertiary/aromatic N) is 1. The van der Waals surface area contributed by atoms with Gasteiger partial charge >= 0.3 is 6.18 Å². The first-order valence-electron chi connectivity index (χ1n) is 9.48. The highest BCUT2D eigenvalue weighted by atomic mass is 19.4. The molecule has 1 aliphatic carbocycles. The number of nitrogens with two attached hydrogens (primary N) is 2. The van der Waals surface area contributed by atoms with Gasteiger partial charge in [-0.15, -0.1) is 0 Å². The van der Waals surface area contributed by atoms with Crippen LogP contribution in [0.5, 0.6) is 0 Å². The van der Waals surface area contributed by atoms with Crippen LogP contribution in [0.25, 0.3) is 0 Å². The minimum absolute atomic E-state index is 0. The Bertz CT molecular complexity index is 819. The predicted molar refractivity (Wildman–Crippen MR) is 115 cm³/mol. The van der Waals surface area contributed by atoms with Crippen molar-refractivity contribution in [3.05, 3.63) is 47.1 Å². The van der Waals surface area contributed by atoms with Crippen molar-refractivity contribution in [2.45, 2.75) is 38.9 Å². The molecule has 0 spiro atoms. The zero-order valence-corrected chi connectivity index (χ0v) is 17.5. The first-order chi connectivity index (χ1) is 14.5. The van der Waals surface area contributed by atoms with Crippen molar-refractivity contribution >= 4 is 18.5 Å². The number of nitrogens with one attached hydrogen (secondary N) is 2. The summed E-state index contributed by atoms with van der Waals surface area (Å²) in [5.41, 5.74) is 12.4. The molecule has 1 heterocycles. The van der Waals surface area contributed by atoms with Gasteiger partial charge in [-0.3, -0.25) is 4.79 Å². The number of allylic oxidation sites excluding steroid dienone is 2. The molecule has 11 heteroatoms. The second-order valence-corrected chi connectivity index (χ2v) is 7.04. The van der Waals surface area contributed by atoms with Crippen LogP contribution in [0, 0.1) is 12.8 Å². The third-order valence-electron chi connectivity index (χ3n) is 4.18. The van der Waals surface area contributed by atoms with E-state index in [1.807, 2.05) is 25.8 Å². The van der Waals surface area contributed by atoms with Crippen LogP contribution >= 0.6 is 0 Å². The molecule has 0 aromatic carbocycles. The lowest BCUT2D eigenvalue weighted by atomic mass is 10.1. The number of aryl methyl sites for hydroxylation is 1. The van der Waals surface area contributed by atoms with E-state index in [-0.39, 0.29) is 14.6 Å². The molecule has 1 unspecified atom stereocenters. The van der Waals surface area contributed by atoms with Crippen LogP contribution in [0.15, 0.2) is 35.9 Å². The van der Waals surface area contributed by atoms with Crippen molar-refractivity contribution in [2.24, 2.45) is 17.4 Å². The molecule has 1 fully saturated rings. The third-order valence-corrected chi connectivity index (χ3v) is 4.18. The number of pyridine rings is 1. The van der Waals surface area contributed by atoms with Crippen molar-refractivity contribution in [1.29, 1.82) is 0 Å². The maximum atomic E-state index is 12.2. The Morgan fingerprint density at radius 1 is 1.35 bits per heavy atom. The normalized spacial score (nSPS) is 15.4. The van der Waals surface area contributed by atoms with Crippen LogP contribution in [0.1, 0.15) is 39.9 Å². The van der Waals surface area contributed by atoms with Gasteiger partial charge in [0.05, 0.1) is 11.7 Å². The summed E-state index contributed by atoms with van der Waals surface area (Å²) >= 11 is 0. The Morgan fingerprint density at radius 2 is 2.00 bits per heavy atom. The van der Waals surface area contributed by atoms with Crippen LogP contribution in [0.2, 0.25) is 0 Å². The van der Waals surface area contributed by atoms with Crippen LogP contribution < -0.4 is 22.1 Å². The van der Waals surface area contributed by atoms with E-state index < -0.39 is 24.6 Å². The summed E-state index contributed by atoms with van der Waals surface area (Å²) in [6.45, 7) is 5.01. The molecule has 0 aliphatic heterocycles. The molecular weight excluding hydrogens is 415 g/mol. The highest BCUT2D eigenvalue weighted by molar-refractivity contribution is 5.93. The molecule has 1 aromatic heterocycles. The Labute approximate surface area is 181 Å². The standard InChI is InChI=1S/C19H26F3N5O2.CH2O.2H2/c1-11-7-14(8-17(26-11)25-9-13-3-4-13)12(2)27-18(28)15(23)5-6-16(24)29-10-19(20,21)22;1-2;;/h5-8,12-13H,3-4,9-10,23-24H2,1-2H3,(H,25,26)(H,27,28);1H2;2*1H/b15-5-,16-6+;;;. The SMILES string of the molecule is C=O.Cc1cc(C(C)NC(=O)/C(N)=C/C=C(\N)OCC(F)(F)F)cc(NCC2CC2)n1.[HH].[HH]. The number of ether oxygens (including phenoxy) is 1. The van der Waals surface area contributed by atoms with Gasteiger partial charge in [-0.25, -0.2) is 4.98 Å². The minimum Gasteiger partial charge on any atom is -0.470 e. The molecule has 1 aliphatic rings. The van der Waals surface area contributed by atoms with Crippen molar-refractivity contribution in [2.75, 3.05) is 18.5 Å². The summed E-state index contributed by atoms with van der Waals surface area (Å²) in [5, 5.41) is 6.03. The average molecular weight is 448 g/mol. The van der Waals surface area contributed by atoms with Crippen molar-refractivity contribution < 1.29 is 30.4 Å². The maximum Gasteiger partial charge on any atom is 0.422 e. The zero-order valence-electron chi connectivity index (χ0n) is 17.5. The summed E-state index contributed by atoms with van der Waals surface area (Å²) in [7, 11) is 0. The van der Waals surface area contributed by atoms with E-state index in [0.29, 0.717) is 5.92 Å². The number of halogens is 3. The van der Waals surface area contributed by atoms with E-state index in [2.05, 4.69) is 20.4 Å². The molecule has 1 atom stereocenters. The molecule has 0 bridgehead atoms. The van der Waals surface area contributed by atoms with Crippen molar-refractivity contribution in [3.8, 4) is 0 Å². The van der Waals surface area contributed by atoms with Gasteiger partial charge in [-0.05, 0) is 62.5 Å². The second kappa shape index (κ2) is 11.8. The number of hydrogen-bond acceptors (Lipinski definition) is 7. The maximum absolute atomic E-state index is 12.2. The molecule has 31 heavy (non-hydrogen) atoms. The van der Waals surface area contributed by atoms with E-state index in [4.69, 9.17) is 16.3 Å². The summed E-state index contributed by atoms with van der Waals surface area (Å²) in [6.07, 6.45) is 0.0411. The number of hydrogen-bond donors (Lipinski definition) is 4. The molecule has 1 amide bonds. The van der Waals surface area contributed by atoms with E-state index in [0.717, 1.165) is 35.8 Å². The first-order valence-corrected chi connectivity index (χ1v) is 9.48. The Balaban J connectivity index is 0. The Kier molecular flexibility index (Phi) is 9.84. The number of carbonyl (C=O) groups is 2. The molecule has 2 rings (SSSR count). The Hall–Kier alpha value is -3.24. The highest BCUT2D eigenvalue weighted by Gasteiger charge is 2.28. The Morgan fingerprint density at radius 3 is 2.58 bits per heavy atom. The van der Waals surface area contributed by atoms with Crippen LogP contribution in [0.4, 0.5) is 19.0 Å². The summed E-state index contributed by atoms with van der Waals surface area (Å²) in [6, 6.07) is 3.36.